The maximum Gasteiger partial charge on any atom is 0.0953 e. The maximum atomic E-state index is 5.56. The lowest BCUT2D eigenvalue weighted by Gasteiger charge is -1.98. The van der Waals surface area contributed by atoms with Crippen molar-refractivity contribution in [1.82, 2.24) is 0 Å². The van der Waals surface area contributed by atoms with Gasteiger partial charge >= 0.3 is 0 Å². The van der Waals surface area contributed by atoms with E-state index in [9.17, 15) is 0 Å². The third-order valence-corrected chi connectivity index (χ3v) is 1.18. The third kappa shape index (κ3) is 1.21. The SMILES string of the molecule is C=C[C@H](N)c1ccoc1. The average molecular weight is 123 g/mol. The molecule has 1 atom stereocenters. The fourth-order valence-corrected chi connectivity index (χ4v) is 0.601. The summed E-state index contributed by atoms with van der Waals surface area (Å²) in [5, 5.41) is 0. The van der Waals surface area contributed by atoms with Crippen molar-refractivity contribution >= 4 is 0 Å². The zero-order chi connectivity index (χ0) is 6.69. The topological polar surface area (TPSA) is 39.2 Å². The van der Waals surface area contributed by atoms with Gasteiger partial charge in [0.2, 0.25) is 0 Å². The molecule has 1 heterocycles. The Kier molecular flexibility index (Phi) is 1.70. The Morgan fingerprint density at radius 2 is 2.56 bits per heavy atom. The molecule has 0 aliphatic carbocycles. The van der Waals surface area contributed by atoms with Crippen LogP contribution in [0.4, 0.5) is 0 Å². The highest BCUT2D eigenvalue weighted by Gasteiger charge is 1.99. The quantitative estimate of drug-likeness (QED) is 0.605. The van der Waals surface area contributed by atoms with E-state index in [-0.39, 0.29) is 6.04 Å². The minimum absolute atomic E-state index is 0.0938. The summed E-state index contributed by atoms with van der Waals surface area (Å²) in [5.41, 5.74) is 6.52. The van der Waals surface area contributed by atoms with Crippen molar-refractivity contribution in [3.8, 4) is 0 Å². The van der Waals surface area contributed by atoms with E-state index in [1.165, 1.54) is 0 Å². The Morgan fingerprint density at radius 3 is 3.00 bits per heavy atom. The average Bonchev–Trinajstić information content (AvgIpc) is 2.37. The highest BCUT2D eigenvalue weighted by Crippen LogP contribution is 2.09. The van der Waals surface area contributed by atoms with Gasteiger partial charge in [0, 0.05) is 5.56 Å². The van der Waals surface area contributed by atoms with E-state index in [2.05, 4.69) is 6.58 Å². The standard InChI is InChI=1S/C7H9NO/c1-2-7(8)6-3-4-9-5-6/h2-5,7H,1,8H2/t7-/m0/s1. The Labute approximate surface area is 54.0 Å². The summed E-state index contributed by atoms with van der Waals surface area (Å²) >= 11 is 0. The van der Waals surface area contributed by atoms with Crippen molar-refractivity contribution in [2.45, 2.75) is 6.04 Å². The molecule has 0 spiro atoms. The fourth-order valence-electron chi connectivity index (χ4n) is 0.601. The molecule has 9 heavy (non-hydrogen) atoms. The van der Waals surface area contributed by atoms with Crippen LogP contribution in [0.3, 0.4) is 0 Å². The van der Waals surface area contributed by atoms with Crippen molar-refractivity contribution in [1.29, 1.82) is 0 Å². The van der Waals surface area contributed by atoms with E-state index in [0.29, 0.717) is 0 Å². The number of hydrogen-bond acceptors (Lipinski definition) is 2. The van der Waals surface area contributed by atoms with E-state index in [1.54, 1.807) is 18.6 Å². The summed E-state index contributed by atoms with van der Waals surface area (Å²) in [5.74, 6) is 0. The van der Waals surface area contributed by atoms with Crippen molar-refractivity contribution < 1.29 is 4.42 Å². The van der Waals surface area contributed by atoms with Crippen LogP contribution in [0.2, 0.25) is 0 Å². The van der Waals surface area contributed by atoms with Crippen LogP contribution in [0, 0.1) is 0 Å². The van der Waals surface area contributed by atoms with Crippen LogP contribution >= 0.6 is 0 Å². The lowest BCUT2D eigenvalue weighted by Crippen LogP contribution is -2.04. The smallest absolute Gasteiger partial charge is 0.0953 e. The Morgan fingerprint density at radius 1 is 1.78 bits per heavy atom. The minimum atomic E-state index is -0.0938. The van der Waals surface area contributed by atoms with Gasteiger partial charge in [-0.15, -0.1) is 6.58 Å². The van der Waals surface area contributed by atoms with E-state index in [4.69, 9.17) is 10.2 Å². The minimum Gasteiger partial charge on any atom is -0.472 e. The molecule has 0 fully saturated rings. The largest absolute Gasteiger partial charge is 0.472 e. The number of rotatable bonds is 2. The summed E-state index contributed by atoms with van der Waals surface area (Å²) in [4.78, 5) is 0. The van der Waals surface area contributed by atoms with Gasteiger partial charge in [-0.2, -0.15) is 0 Å². The lowest BCUT2D eigenvalue weighted by atomic mass is 10.2. The molecule has 0 saturated carbocycles. The monoisotopic (exact) mass is 123 g/mol. The molecule has 2 heteroatoms. The zero-order valence-corrected chi connectivity index (χ0v) is 5.08. The molecule has 0 aliphatic heterocycles. The molecule has 1 aromatic heterocycles. The maximum absolute atomic E-state index is 5.56. The summed E-state index contributed by atoms with van der Waals surface area (Å²) < 4.78 is 4.81. The zero-order valence-electron chi connectivity index (χ0n) is 5.08. The van der Waals surface area contributed by atoms with Gasteiger partial charge in [0.05, 0.1) is 18.6 Å². The molecule has 1 rings (SSSR count). The molecule has 48 valence electrons. The van der Waals surface area contributed by atoms with Gasteiger partial charge < -0.3 is 10.2 Å². The first-order valence-electron chi connectivity index (χ1n) is 2.75. The molecule has 0 unspecified atom stereocenters. The van der Waals surface area contributed by atoms with E-state index in [0.717, 1.165) is 5.56 Å². The molecule has 1 aromatic rings. The molecule has 0 aromatic carbocycles. The van der Waals surface area contributed by atoms with Crippen LogP contribution in [0.15, 0.2) is 35.7 Å². The third-order valence-electron chi connectivity index (χ3n) is 1.18. The fraction of sp³-hybridized carbons (Fsp3) is 0.143. The molecule has 0 amide bonds. The number of hydrogen-bond donors (Lipinski definition) is 1. The second-order valence-electron chi connectivity index (χ2n) is 1.82. The first-order valence-corrected chi connectivity index (χ1v) is 2.75. The van der Waals surface area contributed by atoms with Gasteiger partial charge in [0.25, 0.3) is 0 Å². The van der Waals surface area contributed by atoms with E-state index in [1.807, 2.05) is 6.07 Å². The van der Waals surface area contributed by atoms with E-state index >= 15 is 0 Å². The lowest BCUT2D eigenvalue weighted by molar-refractivity contribution is 0.562. The van der Waals surface area contributed by atoms with Crippen molar-refractivity contribution in [3.63, 3.8) is 0 Å². The first kappa shape index (κ1) is 6.11. The molecule has 2 nitrogen and oxygen atoms in total. The van der Waals surface area contributed by atoms with Crippen LogP contribution in [0.1, 0.15) is 11.6 Å². The van der Waals surface area contributed by atoms with Crippen LogP contribution in [0.25, 0.3) is 0 Å². The predicted octanol–water partition coefficient (Wildman–Crippen LogP) is 1.47. The summed E-state index contributed by atoms with van der Waals surface area (Å²) in [6, 6.07) is 1.73. The predicted molar refractivity (Wildman–Crippen MR) is 35.8 cm³/mol. The molecule has 2 N–H and O–H groups in total. The Bertz CT molecular complexity index is 179. The normalized spacial score (nSPS) is 13.0. The second kappa shape index (κ2) is 2.51. The molecule has 0 aliphatic rings. The van der Waals surface area contributed by atoms with Gasteiger partial charge in [0.1, 0.15) is 0 Å². The van der Waals surface area contributed by atoms with E-state index < -0.39 is 0 Å². The van der Waals surface area contributed by atoms with Crippen molar-refractivity contribution in [2.24, 2.45) is 5.73 Å². The van der Waals surface area contributed by atoms with Gasteiger partial charge in [0.15, 0.2) is 0 Å². The van der Waals surface area contributed by atoms with Crippen molar-refractivity contribution in [3.05, 3.63) is 36.8 Å². The van der Waals surface area contributed by atoms with Gasteiger partial charge in [-0.1, -0.05) is 6.08 Å². The summed E-state index contributed by atoms with van der Waals surface area (Å²) in [7, 11) is 0. The van der Waals surface area contributed by atoms with Gasteiger partial charge in [-0.25, -0.2) is 0 Å². The van der Waals surface area contributed by atoms with Crippen LogP contribution in [-0.2, 0) is 0 Å². The summed E-state index contributed by atoms with van der Waals surface area (Å²) in [6.07, 6.45) is 4.88. The Balaban J connectivity index is 2.76. The molecular formula is C7H9NO. The van der Waals surface area contributed by atoms with Crippen molar-refractivity contribution in [2.75, 3.05) is 0 Å². The highest BCUT2D eigenvalue weighted by molar-refractivity contribution is 5.15. The molecule has 0 saturated heterocycles. The second-order valence-corrected chi connectivity index (χ2v) is 1.82. The number of furan rings is 1. The Hall–Kier alpha value is -1.02. The number of nitrogens with two attached hydrogens (primary N) is 1. The highest BCUT2D eigenvalue weighted by atomic mass is 16.3. The van der Waals surface area contributed by atoms with Crippen LogP contribution in [-0.4, -0.2) is 0 Å². The summed E-state index contributed by atoms with van der Waals surface area (Å²) in [6.45, 7) is 3.55. The van der Waals surface area contributed by atoms with Gasteiger partial charge in [-0.3, -0.25) is 0 Å². The van der Waals surface area contributed by atoms with Gasteiger partial charge in [-0.05, 0) is 6.07 Å². The van der Waals surface area contributed by atoms with Crippen LogP contribution < -0.4 is 5.73 Å². The molecular weight excluding hydrogens is 114 g/mol. The molecule has 0 radical (unpaired) electrons. The van der Waals surface area contributed by atoms with Crippen LogP contribution in [0.5, 0.6) is 0 Å². The first-order chi connectivity index (χ1) is 4.34. The molecule has 0 bridgehead atoms.